The van der Waals surface area contributed by atoms with Crippen LogP contribution in [-0.4, -0.2) is 14.8 Å². The van der Waals surface area contributed by atoms with Crippen molar-refractivity contribution >= 4 is 34.0 Å². The van der Waals surface area contributed by atoms with Crippen molar-refractivity contribution in [3.05, 3.63) is 64.1 Å². The summed E-state index contributed by atoms with van der Waals surface area (Å²) in [6.45, 7) is 0. The molecule has 1 saturated carbocycles. The van der Waals surface area contributed by atoms with E-state index < -0.39 is 11.7 Å². The van der Waals surface area contributed by atoms with Crippen LogP contribution in [0.1, 0.15) is 30.0 Å². The van der Waals surface area contributed by atoms with Gasteiger partial charge in [0.05, 0.1) is 37.2 Å². The Hall–Kier alpha value is -2.38. The Bertz CT molecular complexity index is 1180. The summed E-state index contributed by atoms with van der Waals surface area (Å²) in [6.07, 6.45) is -2.81. The van der Waals surface area contributed by atoms with Crippen LogP contribution in [0.2, 0.25) is 4.34 Å². The summed E-state index contributed by atoms with van der Waals surface area (Å²) < 4.78 is 44.0. The highest BCUT2D eigenvalue weighted by atomic mass is 35.5. The van der Waals surface area contributed by atoms with E-state index in [1.807, 2.05) is 30.3 Å². The Kier molecular flexibility index (Phi) is 4.00. The second-order valence-electron chi connectivity index (χ2n) is 6.76. The van der Waals surface area contributed by atoms with E-state index in [9.17, 15) is 13.2 Å². The van der Waals surface area contributed by atoms with Gasteiger partial charge in [-0.1, -0.05) is 29.8 Å². The first kappa shape index (κ1) is 17.7. The molecule has 3 heterocycles. The minimum atomic E-state index is -4.51. The predicted molar refractivity (Wildman–Crippen MR) is 104 cm³/mol. The number of hydrogen-bond acceptors (Lipinski definition) is 3. The lowest BCUT2D eigenvalue weighted by molar-refractivity contribution is -0.136. The molecule has 4 aromatic rings. The molecule has 0 unspecified atom stereocenters. The molecule has 1 fully saturated rings. The van der Waals surface area contributed by atoms with Crippen molar-refractivity contribution in [2.45, 2.75) is 24.9 Å². The minimum Gasteiger partial charge on any atom is -0.227 e. The van der Waals surface area contributed by atoms with Crippen LogP contribution in [0.25, 0.3) is 27.3 Å². The maximum atomic E-state index is 14.0. The molecule has 0 aliphatic heterocycles. The molecule has 3 aromatic heterocycles. The number of benzene rings is 1. The van der Waals surface area contributed by atoms with E-state index in [0.29, 0.717) is 20.6 Å². The van der Waals surface area contributed by atoms with E-state index in [2.05, 4.69) is 10.1 Å². The first-order valence-corrected chi connectivity index (χ1v) is 9.93. The molecule has 0 atom stereocenters. The van der Waals surface area contributed by atoms with Crippen LogP contribution in [-0.2, 0) is 6.18 Å². The van der Waals surface area contributed by atoms with Gasteiger partial charge in [-0.15, -0.1) is 11.3 Å². The fourth-order valence-corrected chi connectivity index (χ4v) is 4.34. The molecule has 8 heteroatoms. The molecule has 0 spiro atoms. The number of rotatable bonds is 3. The number of pyridine rings is 1. The Balaban J connectivity index is 1.86. The standard InChI is InChI=1S/C20H13ClF3N3S/c21-16-9-8-15(28-16)14-10-13(20(22,23)24)17-18(11-6-7-11)26-27(19(17)25-14)12-4-2-1-3-5-12/h1-5,8-11H,6-7H2. The van der Waals surface area contributed by atoms with E-state index in [0.717, 1.165) is 18.9 Å². The molecule has 3 nitrogen and oxygen atoms in total. The molecule has 1 aliphatic carbocycles. The highest BCUT2D eigenvalue weighted by Crippen LogP contribution is 2.47. The molecule has 0 saturated heterocycles. The lowest BCUT2D eigenvalue weighted by Gasteiger charge is -2.11. The SMILES string of the molecule is FC(F)(F)c1cc(-c2ccc(Cl)s2)nc2c1c(C1CC1)nn2-c1ccccc1. The second kappa shape index (κ2) is 6.32. The van der Waals surface area contributed by atoms with Crippen molar-refractivity contribution in [2.24, 2.45) is 0 Å². The van der Waals surface area contributed by atoms with Crippen molar-refractivity contribution < 1.29 is 13.2 Å². The summed E-state index contributed by atoms with van der Waals surface area (Å²) in [6, 6.07) is 13.6. The molecule has 0 radical (unpaired) electrons. The molecular weight excluding hydrogens is 407 g/mol. The van der Waals surface area contributed by atoms with Gasteiger partial charge in [0.15, 0.2) is 5.65 Å². The lowest BCUT2D eigenvalue weighted by atomic mass is 10.1. The predicted octanol–water partition coefficient (Wildman–Crippen LogP) is 6.70. The molecule has 0 bridgehead atoms. The molecule has 142 valence electrons. The normalized spacial score (nSPS) is 14.7. The summed E-state index contributed by atoms with van der Waals surface area (Å²) in [5.74, 6) is 0.0531. The zero-order chi connectivity index (χ0) is 19.5. The van der Waals surface area contributed by atoms with Crippen molar-refractivity contribution in [1.29, 1.82) is 0 Å². The number of aromatic nitrogens is 3. The summed E-state index contributed by atoms with van der Waals surface area (Å²) in [7, 11) is 0. The average molecular weight is 420 g/mol. The van der Waals surface area contributed by atoms with Crippen LogP contribution in [0.5, 0.6) is 0 Å². The van der Waals surface area contributed by atoms with Crippen molar-refractivity contribution in [3.63, 3.8) is 0 Å². The number of thiophene rings is 1. The summed E-state index contributed by atoms with van der Waals surface area (Å²) in [5.41, 5.74) is 0.940. The molecule has 1 aliphatic rings. The third-order valence-corrected chi connectivity index (χ3v) is 6.01. The van der Waals surface area contributed by atoms with E-state index in [1.165, 1.54) is 16.0 Å². The lowest BCUT2D eigenvalue weighted by Crippen LogP contribution is -2.08. The zero-order valence-corrected chi connectivity index (χ0v) is 15.9. The topological polar surface area (TPSA) is 30.7 Å². The van der Waals surface area contributed by atoms with Gasteiger partial charge in [0, 0.05) is 5.92 Å². The van der Waals surface area contributed by atoms with Crippen molar-refractivity contribution in [1.82, 2.24) is 14.8 Å². The fraction of sp³-hybridized carbons (Fsp3) is 0.200. The van der Waals surface area contributed by atoms with Gasteiger partial charge in [0.1, 0.15) is 0 Å². The number of nitrogens with zero attached hydrogens (tertiary/aromatic N) is 3. The van der Waals surface area contributed by atoms with Gasteiger partial charge in [0.2, 0.25) is 0 Å². The largest absolute Gasteiger partial charge is 0.417 e. The monoisotopic (exact) mass is 419 g/mol. The average Bonchev–Trinajstić information content (AvgIpc) is 3.31. The third-order valence-electron chi connectivity index (χ3n) is 4.76. The van der Waals surface area contributed by atoms with Crippen LogP contribution < -0.4 is 0 Å². The van der Waals surface area contributed by atoms with Gasteiger partial charge in [-0.25, -0.2) is 9.67 Å². The first-order valence-electron chi connectivity index (χ1n) is 8.74. The van der Waals surface area contributed by atoms with E-state index >= 15 is 0 Å². The fourth-order valence-electron chi connectivity index (χ4n) is 3.34. The molecular formula is C20H13ClF3N3S. The number of hydrogen-bond donors (Lipinski definition) is 0. The summed E-state index contributed by atoms with van der Waals surface area (Å²) >= 11 is 7.19. The molecule has 5 rings (SSSR count). The van der Waals surface area contributed by atoms with Gasteiger partial charge in [-0.3, -0.25) is 0 Å². The number of alkyl halides is 3. The molecule has 1 aromatic carbocycles. The molecule has 0 N–H and O–H groups in total. The highest BCUT2D eigenvalue weighted by molar-refractivity contribution is 7.19. The number of halogens is 4. The van der Waals surface area contributed by atoms with Crippen molar-refractivity contribution in [2.75, 3.05) is 0 Å². The highest BCUT2D eigenvalue weighted by Gasteiger charge is 2.39. The summed E-state index contributed by atoms with van der Waals surface area (Å²) in [4.78, 5) is 5.18. The quantitative estimate of drug-likeness (QED) is 0.370. The van der Waals surface area contributed by atoms with Gasteiger partial charge < -0.3 is 0 Å². The van der Waals surface area contributed by atoms with E-state index in [-0.39, 0.29) is 22.6 Å². The zero-order valence-electron chi connectivity index (χ0n) is 14.4. The number of fused-ring (bicyclic) bond motifs is 1. The third kappa shape index (κ3) is 2.99. The Morgan fingerprint density at radius 1 is 1.07 bits per heavy atom. The smallest absolute Gasteiger partial charge is 0.227 e. The van der Waals surface area contributed by atoms with Gasteiger partial charge in [-0.05, 0) is 43.2 Å². The van der Waals surface area contributed by atoms with Crippen molar-refractivity contribution in [3.8, 4) is 16.3 Å². The van der Waals surface area contributed by atoms with E-state index in [4.69, 9.17) is 11.6 Å². The minimum absolute atomic E-state index is 0.0531. The molecule has 0 amide bonds. The second-order valence-corrected chi connectivity index (χ2v) is 8.48. The first-order chi connectivity index (χ1) is 13.4. The number of para-hydroxylation sites is 1. The van der Waals surface area contributed by atoms with Crippen LogP contribution in [0.4, 0.5) is 13.2 Å². The molecule has 28 heavy (non-hydrogen) atoms. The van der Waals surface area contributed by atoms with Gasteiger partial charge >= 0.3 is 6.18 Å². The Morgan fingerprint density at radius 3 is 2.43 bits per heavy atom. The van der Waals surface area contributed by atoms with Gasteiger partial charge in [-0.2, -0.15) is 18.3 Å². The maximum Gasteiger partial charge on any atom is 0.417 e. The Morgan fingerprint density at radius 2 is 1.82 bits per heavy atom. The Labute approximate surface area is 167 Å². The van der Waals surface area contributed by atoms with Crippen LogP contribution in [0.15, 0.2) is 48.5 Å². The van der Waals surface area contributed by atoms with Crippen LogP contribution >= 0.6 is 22.9 Å². The van der Waals surface area contributed by atoms with E-state index in [1.54, 1.807) is 12.1 Å². The maximum absolute atomic E-state index is 14.0. The summed E-state index contributed by atoms with van der Waals surface area (Å²) in [5, 5.41) is 4.67. The van der Waals surface area contributed by atoms with Crippen LogP contribution in [0.3, 0.4) is 0 Å². The van der Waals surface area contributed by atoms with Gasteiger partial charge in [0.25, 0.3) is 0 Å². The van der Waals surface area contributed by atoms with Crippen LogP contribution in [0, 0.1) is 0 Å².